The summed E-state index contributed by atoms with van der Waals surface area (Å²) in [5, 5.41) is 0. The van der Waals surface area contributed by atoms with E-state index in [0.29, 0.717) is 12.1 Å². The van der Waals surface area contributed by atoms with Crippen LogP contribution < -0.4 is 10.6 Å². The predicted molar refractivity (Wildman–Crippen MR) is 92.3 cm³/mol. The van der Waals surface area contributed by atoms with Crippen LogP contribution in [0.2, 0.25) is 0 Å². The second kappa shape index (κ2) is 6.69. The molecule has 0 saturated carbocycles. The van der Waals surface area contributed by atoms with E-state index in [1.54, 1.807) is 0 Å². The zero-order valence-corrected chi connectivity index (χ0v) is 13.4. The lowest BCUT2D eigenvalue weighted by atomic mass is 10.1. The monoisotopic (exact) mass is 310 g/mol. The molecule has 0 bridgehead atoms. The van der Waals surface area contributed by atoms with Crippen molar-refractivity contribution >= 4 is 17.4 Å². The molecule has 5 nitrogen and oxygen atoms in total. The van der Waals surface area contributed by atoms with Gasteiger partial charge in [-0.1, -0.05) is 30.3 Å². The molecule has 1 aliphatic rings. The molecule has 1 aromatic carbocycles. The van der Waals surface area contributed by atoms with Gasteiger partial charge in [-0.25, -0.2) is 4.98 Å². The molecule has 120 valence electrons. The first-order valence-corrected chi connectivity index (χ1v) is 7.93. The second-order valence-electron chi connectivity index (χ2n) is 5.87. The molecule has 0 unspecified atom stereocenters. The van der Waals surface area contributed by atoms with Crippen LogP contribution in [0.15, 0.2) is 42.5 Å². The average molecular weight is 310 g/mol. The molecule has 1 amide bonds. The first kappa shape index (κ1) is 15.3. The molecule has 23 heavy (non-hydrogen) atoms. The van der Waals surface area contributed by atoms with Gasteiger partial charge in [-0.2, -0.15) is 0 Å². The van der Waals surface area contributed by atoms with Crippen LogP contribution in [0.25, 0.3) is 0 Å². The van der Waals surface area contributed by atoms with Crippen LogP contribution in [-0.2, 0) is 11.2 Å². The number of carbonyl (C=O) groups is 1. The maximum absolute atomic E-state index is 12.4. The summed E-state index contributed by atoms with van der Waals surface area (Å²) in [5.74, 6) is 1.13. The van der Waals surface area contributed by atoms with Crippen molar-refractivity contribution in [2.24, 2.45) is 0 Å². The molecule has 3 rings (SSSR count). The van der Waals surface area contributed by atoms with Crippen LogP contribution in [0, 0.1) is 6.92 Å². The third-order valence-corrected chi connectivity index (χ3v) is 4.27. The Morgan fingerprint density at radius 3 is 2.43 bits per heavy atom. The molecule has 1 aliphatic heterocycles. The highest BCUT2D eigenvalue weighted by Crippen LogP contribution is 2.18. The van der Waals surface area contributed by atoms with E-state index in [-0.39, 0.29) is 5.91 Å². The minimum absolute atomic E-state index is 0.192. The average Bonchev–Trinajstić information content (AvgIpc) is 2.58. The van der Waals surface area contributed by atoms with E-state index in [9.17, 15) is 4.79 Å². The number of anilines is 2. The fraction of sp³-hybridized carbons (Fsp3) is 0.333. The molecule has 0 spiro atoms. The Labute approximate surface area is 136 Å². The Balaban J connectivity index is 1.57. The summed E-state index contributed by atoms with van der Waals surface area (Å²) in [6, 6.07) is 13.7. The number of pyridine rings is 1. The van der Waals surface area contributed by atoms with E-state index < -0.39 is 0 Å². The number of aromatic nitrogens is 1. The van der Waals surface area contributed by atoms with Gasteiger partial charge in [0.1, 0.15) is 5.82 Å². The number of hydrogen-bond donors (Lipinski definition) is 1. The number of amides is 1. The maximum atomic E-state index is 12.4. The van der Waals surface area contributed by atoms with Crippen LogP contribution in [0.1, 0.15) is 11.3 Å². The van der Waals surface area contributed by atoms with Crippen LogP contribution >= 0.6 is 0 Å². The van der Waals surface area contributed by atoms with E-state index in [0.717, 1.165) is 43.3 Å². The minimum atomic E-state index is 0.192. The number of aryl methyl sites for hydroxylation is 1. The third-order valence-electron chi connectivity index (χ3n) is 4.27. The number of nitrogen functional groups attached to an aromatic ring is 1. The molecule has 1 aromatic heterocycles. The summed E-state index contributed by atoms with van der Waals surface area (Å²) in [5.41, 5.74) is 8.45. The highest BCUT2D eigenvalue weighted by atomic mass is 16.2. The smallest absolute Gasteiger partial charge is 0.227 e. The van der Waals surface area contributed by atoms with Gasteiger partial charge in [-0.3, -0.25) is 4.79 Å². The zero-order valence-electron chi connectivity index (χ0n) is 13.4. The molecule has 5 heteroatoms. The standard InChI is InChI=1S/C18H22N4O/c1-14-16(19)7-8-17(20-14)21-9-11-22(12-10-21)18(23)13-15-5-3-2-4-6-15/h2-8H,9-13,19H2,1H3. The number of hydrogen-bond acceptors (Lipinski definition) is 4. The SMILES string of the molecule is Cc1nc(N2CCN(C(=O)Cc3ccccc3)CC2)ccc1N. The number of piperazine rings is 1. The zero-order chi connectivity index (χ0) is 16.2. The first-order chi connectivity index (χ1) is 11.1. The van der Waals surface area contributed by atoms with E-state index >= 15 is 0 Å². The number of rotatable bonds is 3. The van der Waals surface area contributed by atoms with Crippen molar-refractivity contribution in [2.75, 3.05) is 36.8 Å². The van der Waals surface area contributed by atoms with Crippen molar-refractivity contribution in [3.05, 3.63) is 53.7 Å². The Kier molecular flexibility index (Phi) is 4.46. The largest absolute Gasteiger partial charge is 0.397 e. The summed E-state index contributed by atoms with van der Waals surface area (Å²) in [4.78, 5) is 21.1. The maximum Gasteiger partial charge on any atom is 0.227 e. The number of nitrogens with zero attached hydrogens (tertiary/aromatic N) is 3. The van der Waals surface area contributed by atoms with Gasteiger partial charge in [0.15, 0.2) is 0 Å². The van der Waals surface area contributed by atoms with E-state index in [1.807, 2.05) is 54.3 Å². The van der Waals surface area contributed by atoms with Crippen LogP contribution in [0.3, 0.4) is 0 Å². The summed E-state index contributed by atoms with van der Waals surface area (Å²) in [6.45, 7) is 4.99. The Morgan fingerprint density at radius 1 is 1.09 bits per heavy atom. The summed E-state index contributed by atoms with van der Waals surface area (Å²) >= 11 is 0. The molecule has 0 radical (unpaired) electrons. The van der Waals surface area contributed by atoms with E-state index in [4.69, 9.17) is 5.73 Å². The van der Waals surface area contributed by atoms with Crippen molar-refractivity contribution in [1.29, 1.82) is 0 Å². The van der Waals surface area contributed by atoms with Gasteiger partial charge in [0.05, 0.1) is 17.8 Å². The Hall–Kier alpha value is -2.56. The van der Waals surface area contributed by atoms with Crippen LogP contribution in [0.4, 0.5) is 11.5 Å². The summed E-state index contributed by atoms with van der Waals surface area (Å²) in [7, 11) is 0. The van der Waals surface area contributed by atoms with Gasteiger partial charge in [-0.05, 0) is 24.6 Å². The van der Waals surface area contributed by atoms with Crippen LogP contribution in [-0.4, -0.2) is 42.0 Å². The first-order valence-electron chi connectivity index (χ1n) is 7.93. The summed E-state index contributed by atoms with van der Waals surface area (Å²) in [6.07, 6.45) is 0.472. The quantitative estimate of drug-likeness (QED) is 0.940. The van der Waals surface area contributed by atoms with Crippen molar-refractivity contribution in [1.82, 2.24) is 9.88 Å². The molecular formula is C18H22N4O. The Morgan fingerprint density at radius 2 is 1.78 bits per heavy atom. The van der Waals surface area contributed by atoms with Gasteiger partial charge in [0.25, 0.3) is 0 Å². The van der Waals surface area contributed by atoms with Crippen molar-refractivity contribution in [3.63, 3.8) is 0 Å². The highest BCUT2D eigenvalue weighted by molar-refractivity contribution is 5.79. The molecule has 2 aromatic rings. The molecule has 1 saturated heterocycles. The fourth-order valence-corrected chi connectivity index (χ4v) is 2.80. The van der Waals surface area contributed by atoms with Crippen molar-refractivity contribution < 1.29 is 4.79 Å². The van der Waals surface area contributed by atoms with Gasteiger partial charge < -0.3 is 15.5 Å². The fourth-order valence-electron chi connectivity index (χ4n) is 2.80. The topological polar surface area (TPSA) is 62.5 Å². The minimum Gasteiger partial charge on any atom is -0.397 e. The van der Waals surface area contributed by atoms with Gasteiger partial charge in [0, 0.05) is 26.2 Å². The normalized spacial score (nSPS) is 14.8. The molecule has 1 fully saturated rings. The lowest BCUT2D eigenvalue weighted by Gasteiger charge is -2.35. The molecule has 0 aliphatic carbocycles. The lowest BCUT2D eigenvalue weighted by molar-refractivity contribution is -0.130. The number of nitrogens with two attached hydrogens (primary N) is 1. The van der Waals surface area contributed by atoms with Crippen LogP contribution in [0.5, 0.6) is 0 Å². The van der Waals surface area contributed by atoms with Crippen molar-refractivity contribution in [3.8, 4) is 0 Å². The van der Waals surface area contributed by atoms with E-state index in [1.165, 1.54) is 0 Å². The third kappa shape index (κ3) is 3.62. The molecule has 2 N–H and O–H groups in total. The number of carbonyl (C=O) groups excluding carboxylic acids is 1. The number of benzene rings is 1. The van der Waals surface area contributed by atoms with Crippen molar-refractivity contribution in [2.45, 2.75) is 13.3 Å². The molecule has 0 atom stereocenters. The van der Waals surface area contributed by atoms with Gasteiger partial charge in [-0.15, -0.1) is 0 Å². The van der Waals surface area contributed by atoms with E-state index in [2.05, 4.69) is 9.88 Å². The molecule has 2 heterocycles. The Bertz CT molecular complexity index is 679. The lowest BCUT2D eigenvalue weighted by Crippen LogP contribution is -2.49. The second-order valence-corrected chi connectivity index (χ2v) is 5.87. The van der Waals surface area contributed by atoms with Gasteiger partial charge >= 0.3 is 0 Å². The molecular weight excluding hydrogens is 288 g/mol. The highest BCUT2D eigenvalue weighted by Gasteiger charge is 2.22. The summed E-state index contributed by atoms with van der Waals surface area (Å²) < 4.78 is 0. The predicted octanol–water partition coefficient (Wildman–Crippen LogP) is 1.86. The van der Waals surface area contributed by atoms with Gasteiger partial charge in [0.2, 0.25) is 5.91 Å².